The van der Waals surface area contributed by atoms with Crippen LogP contribution in [0.2, 0.25) is 0 Å². The zero-order chi connectivity index (χ0) is 25.0. The molecule has 4 rings (SSSR count). The van der Waals surface area contributed by atoms with Crippen molar-refractivity contribution in [3.63, 3.8) is 0 Å². The van der Waals surface area contributed by atoms with Crippen LogP contribution in [0.4, 0.5) is 8.78 Å². The average molecular weight is 509 g/mol. The summed E-state index contributed by atoms with van der Waals surface area (Å²) in [4.78, 5) is 14.8. The number of amides is 1. The maximum atomic E-state index is 13.9. The topological polar surface area (TPSA) is 95.8 Å². The number of hydrogen-bond donors (Lipinski definition) is 1. The van der Waals surface area contributed by atoms with Crippen LogP contribution in [0.25, 0.3) is 12.2 Å². The van der Waals surface area contributed by atoms with Gasteiger partial charge in [-0.15, -0.1) is 0 Å². The summed E-state index contributed by atoms with van der Waals surface area (Å²) in [5.41, 5.74) is 0.270. The number of carbonyl (C=O) groups is 1. The molecule has 2 saturated heterocycles. The van der Waals surface area contributed by atoms with Gasteiger partial charge in [-0.05, 0) is 70.0 Å². The molecule has 35 heavy (non-hydrogen) atoms. The number of piperidine rings is 1. The Morgan fingerprint density at radius 2 is 1.89 bits per heavy atom. The number of aryl methyl sites for hydroxylation is 1. The maximum absolute atomic E-state index is 13.9. The van der Waals surface area contributed by atoms with E-state index in [1.54, 1.807) is 0 Å². The summed E-state index contributed by atoms with van der Waals surface area (Å²) in [6.45, 7) is 5.51. The molecule has 0 aliphatic carbocycles. The van der Waals surface area contributed by atoms with Gasteiger partial charge in [-0.1, -0.05) is 5.16 Å². The molecule has 11 heteroatoms. The zero-order valence-electron chi connectivity index (χ0n) is 19.7. The molecule has 1 amide bonds. The van der Waals surface area contributed by atoms with E-state index in [0.29, 0.717) is 19.4 Å². The first-order valence-corrected chi connectivity index (χ1v) is 13.3. The van der Waals surface area contributed by atoms with Gasteiger partial charge in [-0.2, -0.15) is 4.31 Å². The summed E-state index contributed by atoms with van der Waals surface area (Å²) in [5, 5.41) is 6.76. The predicted octanol–water partition coefficient (Wildman–Crippen LogP) is 3.04. The van der Waals surface area contributed by atoms with Crippen LogP contribution >= 0.6 is 0 Å². The highest BCUT2D eigenvalue weighted by molar-refractivity contribution is 7.89. The quantitative estimate of drug-likeness (QED) is 0.589. The van der Waals surface area contributed by atoms with Crippen LogP contribution < -0.4 is 5.32 Å². The smallest absolute Gasteiger partial charge is 0.248 e. The maximum Gasteiger partial charge on any atom is 0.248 e. The van der Waals surface area contributed by atoms with Gasteiger partial charge in [0.2, 0.25) is 15.9 Å². The predicted molar refractivity (Wildman–Crippen MR) is 127 cm³/mol. The van der Waals surface area contributed by atoms with Crippen LogP contribution in [0.3, 0.4) is 0 Å². The van der Waals surface area contributed by atoms with Crippen molar-refractivity contribution in [1.29, 1.82) is 0 Å². The summed E-state index contributed by atoms with van der Waals surface area (Å²) < 4.78 is 60.3. The van der Waals surface area contributed by atoms with Crippen LogP contribution in [0.15, 0.2) is 27.6 Å². The zero-order valence-corrected chi connectivity index (χ0v) is 20.5. The van der Waals surface area contributed by atoms with Crippen LogP contribution in [0, 0.1) is 24.5 Å². The Labute approximate surface area is 204 Å². The molecule has 0 radical (unpaired) electrons. The number of sulfonamides is 1. The lowest BCUT2D eigenvalue weighted by Crippen LogP contribution is -2.44. The molecule has 190 valence electrons. The normalized spacial score (nSPS) is 18.5. The molecule has 0 spiro atoms. The fraction of sp³-hybridized carbons (Fsp3) is 0.500. The first-order chi connectivity index (χ1) is 16.8. The van der Waals surface area contributed by atoms with Crippen molar-refractivity contribution >= 4 is 28.1 Å². The lowest BCUT2D eigenvalue weighted by Gasteiger charge is -2.30. The van der Waals surface area contributed by atoms with Gasteiger partial charge in [0.15, 0.2) is 10.7 Å². The minimum atomic E-state index is -3.94. The first-order valence-electron chi connectivity index (χ1n) is 11.9. The van der Waals surface area contributed by atoms with E-state index in [9.17, 15) is 22.0 Å². The second-order valence-electron chi connectivity index (χ2n) is 8.98. The third kappa shape index (κ3) is 5.96. The molecule has 2 aromatic rings. The Kier molecular flexibility index (Phi) is 7.98. The molecular weight excluding hydrogens is 478 g/mol. The van der Waals surface area contributed by atoms with E-state index in [1.807, 2.05) is 0 Å². The molecule has 3 heterocycles. The second kappa shape index (κ2) is 11.0. The highest BCUT2D eigenvalue weighted by Gasteiger charge is 2.35. The van der Waals surface area contributed by atoms with Crippen LogP contribution in [-0.2, 0) is 14.8 Å². The lowest BCUT2D eigenvalue weighted by molar-refractivity contribution is -0.126. The largest absolute Gasteiger partial charge is 0.355 e. The van der Waals surface area contributed by atoms with Gasteiger partial charge in [-0.3, -0.25) is 4.79 Å². The monoisotopic (exact) mass is 508 g/mol. The Morgan fingerprint density at radius 3 is 2.57 bits per heavy atom. The summed E-state index contributed by atoms with van der Waals surface area (Å²) >= 11 is 0. The fourth-order valence-corrected chi connectivity index (χ4v) is 6.30. The van der Waals surface area contributed by atoms with Crippen molar-refractivity contribution in [3.05, 3.63) is 46.9 Å². The Hall–Kier alpha value is -2.63. The van der Waals surface area contributed by atoms with Crippen molar-refractivity contribution in [3.8, 4) is 0 Å². The van der Waals surface area contributed by atoms with Crippen molar-refractivity contribution in [1.82, 2.24) is 19.7 Å². The van der Waals surface area contributed by atoms with Crippen molar-refractivity contribution in [2.75, 3.05) is 39.3 Å². The molecule has 2 aliphatic rings. The number of hydrogen-bond acceptors (Lipinski definition) is 6. The number of rotatable bonds is 8. The number of likely N-dealkylation sites (tertiary alicyclic amines) is 1. The van der Waals surface area contributed by atoms with E-state index in [4.69, 9.17) is 4.52 Å². The summed E-state index contributed by atoms with van der Waals surface area (Å²) in [7, 11) is -3.94. The lowest BCUT2D eigenvalue weighted by atomic mass is 9.97. The molecule has 8 nitrogen and oxygen atoms in total. The SMILES string of the molecule is Cc1noc(C=Cc2ccc(F)cc2F)c1S(=O)(=O)N1CCC(C(=O)NCCN2CCCC2)CC1. The van der Waals surface area contributed by atoms with Gasteiger partial charge >= 0.3 is 0 Å². The fourth-order valence-electron chi connectivity index (χ4n) is 4.58. The Balaban J connectivity index is 1.38. The number of benzene rings is 1. The summed E-state index contributed by atoms with van der Waals surface area (Å²) in [6, 6.07) is 3.11. The third-order valence-corrected chi connectivity index (χ3v) is 8.62. The molecular formula is C24H30F2N4O4S. The van der Waals surface area contributed by atoms with Gasteiger partial charge in [0.05, 0.1) is 0 Å². The Bertz CT molecular complexity index is 1180. The van der Waals surface area contributed by atoms with Gasteiger partial charge in [-0.25, -0.2) is 17.2 Å². The van der Waals surface area contributed by atoms with Crippen LogP contribution in [-0.4, -0.2) is 68.0 Å². The average Bonchev–Trinajstić information content (AvgIpc) is 3.48. The molecule has 1 aromatic heterocycles. The number of nitrogens with zero attached hydrogens (tertiary/aromatic N) is 3. The molecule has 1 aromatic carbocycles. The van der Waals surface area contributed by atoms with E-state index < -0.39 is 21.7 Å². The van der Waals surface area contributed by atoms with E-state index in [1.165, 1.54) is 42.3 Å². The molecule has 2 aliphatic heterocycles. The molecule has 1 N–H and O–H groups in total. The standard InChI is InChI=1S/C24H30F2N4O4S/c1-17-23(22(34-28-17)7-5-18-4-6-20(25)16-21(18)26)35(32,33)30-13-8-19(9-14-30)24(31)27-10-15-29-11-2-3-12-29/h4-7,16,19H,2-3,8-15H2,1H3,(H,27,31). The molecule has 0 bridgehead atoms. The number of carbonyl (C=O) groups excluding carboxylic acids is 1. The highest BCUT2D eigenvalue weighted by Crippen LogP contribution is 2.29. The molecule has 2 fully saturated rings. The van der Waals surface area contributed by atoms with Crippen molar-refractivity contribution in [2.45, 2.75) is 37.5 Å². The van der Waals surface area contributed by atoms with E-state index in [2.05, 4.69) is 15.4 Å². The number of nitrogens with one attached hydrogen (secondary N) is 1. The molecule has 0 atom stereocenters. The molecule has 0 saturated carbocycles. The van der Waals surface area contributed by atoms with Crippen molar-refractivity contribution < 1.29 is 26.5 Å². The summed E-state index contributed by atoms with van der Waals surface area (Å²) in [6.07, 6.45) is 5.87. The van der Waals surface area contributed by atoms with Crippen LogP contribution in [0.1, 0.15) is 42.7 Å². The van der Waals surface area contributed by atoms with Crippen molar-refractivity contribution in [2.24, 2.45) is 5.92 Å². The van der Waals surface area contributed by atoms with Crippen LogP contribution in [0.5, 0.6) is 0 Å². The van der Waals surface area contributed by atoms with E-state index >= 15 is 0 Å². The minimum Gasteiger partial charge on any atom is -0.355 e. The summed E-state index contributed by atoms with van der Waals surface area (Å²) in [5.74, 6) is -1.78. The molecule has 0 unspecified atom stereocenters. The highest BCUT2D eigenvalue weighted by atomic mass is 32.2. The van der Waals surface area contributed by atoms with Gasteiger partial charge in [0, 0.05) is 43.7 Å². The minimum absolute atomic E-state index is 0.0343. The first kappa shape index (κ1) is 25.5. The van der Waals surface area contributed by atoms with E-state index in [0.717, 1.165) is 31.8 Å². The number of aromatic nitrogens is 1. The van der Waals surface area contributed by atoms with Gasteiger partial charge in [0.1, 0.15) is 17.3 Å². The number of halogens is 2. The Morgan fingerprint density at radius 1 is 1.17 bits per heavy atom. The van der Waals surface area contributed by atoms with Gasteiger partial charge in [0.25, 0.3) is 0 Å². The van der Waals surface area contributed by atoms with E-state index in [-0.39, 0.29) is 46.8 Å². The van der Waals surface area contributed by atoms with Gasteiger partial charge < -0.3 is 14.7 Å². The second-order valence-corrected chi connectivity index (χ2v) is 10.9. The third-order valence-electron chi connectivity index (χ3n) is 6.56.